The number of hydrogen-bond donors (Lipinski definition) is 2. The van der Waals surface area contributed by atoms with Crippen molar-refractivity contribution in [2.45, 2.75) is 59.0 Å². The van der Waals surface area contributed by atoms with Crippen molar-refractivity contribution in [1.29, 1.82) is 0 Å². The number of benzene rings is 1. The maximum atomic E-state index is 12.5. The van der Waals surface area contributed by atoms with Crippen molar-refractivity contribution in [1.82, 2.24) is 15.5 Å². The van der Waals surface area contributed by atoms with Gasteiger partial charge in [-0.15, -0.1) is 0 Å². The first-order chi connectivity index (χ1) is 13.1. The molecular weight excluding hydrogens is 334 g/mol. The first-order valence-corrected chi connectivity index (χ1v) is 10.9. The molecule has 0 radical (unpaired) electrons. The number of likely N-dealkylation sites (tertiary alicyclic amines) is 1. The minimum Gasteiger partial charge on any atom is -0.352 e. The normalized spacial score (nSPS) is 23.1. The summed E-state index contributed by atoms with van der Waals surface area (Å²) in [4.78, 5) is 15.0. The third kappa shape index (κ3) is 6.32. The summed E-state index contributed by atoms with van der Waals surface area (Å²) in [7, 11) is 0. The lowest BCUT2D eigenvalue weighted by atomic mass is 9.84. The molecule has 1 amide bonds. The Morgan fingerprint density at radius 3 is 2.70 bits per heavy atom. The molecule has 0 aromatic heterocycles. The predicted molar refractivity (Wildman–Crippen MR) is 111 cm³/mol. The molecule has 1 aromatic carbocycles. The lowest BCUT2D eigenvalue weighted by molar-refractivity contribution is -0.122. The van der Waals surface area contributed by atoms with Gasteiger partial charge in [-0.1, -0.05) is 38.1 Å². The van der Waals surface area contributed by atoms with Crippen LogP contribution in [0.2, 0.25) is 0 Å². The number of nitrogens with one attached hydrogen (secondary N) is 2. The highest BCUT2D eigenvalue weighted by molar-refractivity contribution is 5.76. The summed E-state index contributed by atoms with van der Waals surface area (Å²) in [5.74, 6) is 2.15. The Morgan fingerprint density at radius 2 is 1.96 bits per heavy atom. The summed E-state index contributed by atoms with van der Waals surface area (Å²) in [6, 6.07) is 8.59. The molecule has 0 aliphatic carbocycles. The molecule has 2 unspecified atom stereocenters. The van der Waals surface area contributed by atoms with E-state index in [0.29, 0.717) is 24.8 Å². The van der Waals surface area contributed by atoms with E-state index in [2.05, 4.69) is 53.6 Å². The fourth-order valence-corrected chi connectivity index (χ4v) is 4.69. The zero-order valence-corrected chi connectivity index (χ0v) is 17.2. The van der Waals surface area contributed by atoms with E-state index < -0.39 is 0 Å². The molecule has 3 rings (SSSR count). The van der Waals surface area contributed by atoms with Gasteiger partial charge in [-0.3, -0.25) is 9.69 Å². The van der Waals surface area contributed by atoms with Crippen LogP contribution in [0.4, 0.5) is 0 Å². The molecular formula is C23H37N3O. The van der Waals surface area contributed by atoms with E-state index in [1.807, 2.05) is 0 Å². The standard InChI is InChI=1S/C23H37N3O/c1-18-6-5-13-26(16-18)17-22-8-4-3-7-21(22)15-25-23(27)14-19(2)20-9-11-24-12-10-20/h3-4,7-8,18-20,24H,5-6,9-17H2,1-2H3,(H,25,27). The Morgan fingerprint density at radius 1 is 1.22 bits per heavy atom. The smallest absolute Gasteiger partial charge is 0.220 e. The van der Waals surface area contributed by atoms with E-state index in [1.54, 1.807) is 0 Å². The van der Waals surface area contributed by atoms with Crippen LogP contribution >= 0.6 is 0 Å². The molecule has 2 aliphatic rings. The largest absolute Gasteiger partial charge is 0.352 e. The Balaban J connectivity index is 1.49. The third-order valence-corrected chi connectivity index (χ3v) is 6.43. The Labute approximate surface area is 165 Å². The zero-order valence-electron chi connectivity index (χ0n) is 17.2. The highest BCUT2D eigenvalue weighted by atomic mass is 16.1. The molecule has 0 bridgehead atoms. The molecule has 150 valence electrons. The second-order valence-electron chi connectivity index (χ2n) is 8.80. The van der Waals surface area contributed by atoms with Crippen molar-refractivity contribution in [3.63, 3.8) is 0 Å². The van der Waals surface area contributed by atoms with Gasteiger partial charge in [0, 0.05) is 26.1 Å². The van der Waals surface area contributed by atoms with Gasteiger partial charge in [0.1, 0.15) is 0 Å². The van der Waals surface area contributed by atoms with Crippen LogP contribution < -0.4 is 10.6 Å². The number of hydrogen-bond acceptors (Lipinski definition) is 3. The number of rotatable bonds is 7. The quantitative estimate of drug-likeness (QED) is 0.770. The molecule has 4 nitrogen and oxygen atoms in total. The van der Waals surface area contributed by atoms with Crippen LogP contribution in [0.5, 0.6) is 0 Å². The highest BCUT2D eigenvalue weighted by Gasteiger charge is 2.22. The first-order valence-electron chi connectivity index (χ1n) is 10.9. The van der Waals surface area contributed by atoms with Crippen LogP contribution in [0.1, 0.15) is 57.1 Å². The van der Waals surface area contributed by atoms with Gasteiger partial charge in [-0.25, -0.2) is 0 Å². The van der Waals surface area contributed by atoms with Gasteiger partial charge in [0.2, 0.25) is 5.91 Å². The molecule has 0 saturated carbocycles. The molecule has 2 N–H and O–H groups in total. The van der Waals surface area contributed by atoms with Crippen LogP contribution in [-0.4, -0.2) is 37.0 Å². The van der Waals surface area contributed by atoms with Crippen molar-refractivity contribution in [3.05, 3.63) is 35.4 Å². The lowest BCUT2D eigenvalue weighted by Gasteiger charge is -2.31. The molecule has 2 atom stereocenters. The number of carbonyl (C=O) groups excluding carboxylic acids is 1. The molecule has 27 heavy (non-hydrogen) atoms. The SMILES string of the molecule is CC1CCCN(Cc2ccccc2CNC(=O)CC(C)C2CCNCC2)C1. The van der Waals surface area contributed by atoms with Gasteiger partial charge in [0.25, 0.3) is 0 Å². The van der Waals surface area contributed by atoms with Crippen molar-refractivity contribution in [2.75, 3.05) is 26.2 Å². The molecule has 1 aromatic rings. The van der Waals surface area contributed by atoms with Gasteiger partial charge in [0.05, 0.1) is 0 Å². The van der Waals surface area contributed by atoms with Crippen molar-refractivity contribution >= 4 is 5.91 Å². The number of carbonyl (C=O) groups is 1. The van der Waals surface area contributed by atoms with Crippen LogP contribution in [0, 0.1) is 17.8 Å². The van der Waals surface area contributed by atoms with Crippen LogP contribution in [-0.2, 0) is 17.9 Å². The average Bonchev–Trinajstić information content (AvgIpc) is 2.68. The van der Waals surface area contributed by atoms with E-state index >= 15 is 0 Å². The Kier molecular flexibility index (Phi) is 7.71. The summed E-state index contributed by atoms with van der Waals surface area (Å²) in [6.07, 6.45) is 5.70. The lowest BCUT2D eigenvalue weighted by Crippen LogP contribution is -2.34. The summed E-state index contributed by atoms with van der Waals surface area (Å²) >= 11 is 0. The minimum absolute atomic E-state index is 0.197. The number of amides is 1. The third-order valence-electron chi connectivity index (χ3n) is 6.43. The fourth-order valence-electron chi connectivity index (χ4n) is 4.69. The van der Waals surface area contributed by atoms with E-state index in [1.165, 1.54) is 49.9 Å². The maximum absolute atomic E-state index is 12.5. The second-order valence-corrected chi connectivity index (χ2v) is 8.80. The van der Waals surface area contributed by atoms with Gasteiger partial charge >= 0.3 is 0 Å². The Hall–Kier alpha value is -1.39. The molecule has 2 fully saturated rings. The topological polar surface area (TPSA) is 44.4 Å². The average molecular weight is 372 g/mol. The summed E-state index contributed by atoms with van der Waals surface area (Å²) in [5.41, 5.74) is 2.62. The molecule has 0 spiro atoms. The van der Waals surface area contributed by atoms with Crippen molar-refractivity contribution in [2.24, 2.45) is 17.8 Å². The molecule has 2 heterocycles. The monoisotopic (exact) mass is 371 g/mol. The summed E-state index contributed by atoms with van der Waals surface area (Å²) in [5, 5.41) is 6.59. The van der Waals surface area contributed by atoms with Crippen LogP contribution in [0.15, 0.2) is 24.3 Å². The minimum atomic E-state index is 0.197. The predicted octanol–water partition coefficient (Wildman–Crippen LogP) is 3.56. The maximum Gasteiger partial charge on any atom is 0.220 e. The summed E-state index contributed by atoms with van der Waals surface area (Å²) in [6.45, 7) is 10.8. The van der Waals surface area contributed by atoms with E-state index in [9.17, 15) is 4.79 Å². The number of nitrogens with zero attached hydrogens (tertiary/aromatic N) is 1. The van der Waals surface area contributed by atoms with Gasteiger partial charge < -0.3 is 10.6 Å². The zero-order chi connectivity index (χ0) is 19.1. The van der Waals surface area contributed by atoms with Gasteiger partial charge in [0.15, 0.2) is 0 Å². The van der Waals surface area contributed by atoms with E-state index in [4.69, 9.17) is 0 Å². The van der Waals surface area contributed by atoms with Crippen LogP contribution in [0.25, 0.3) is 0 Å². The second kappa shape index (κ2) is 10.2. The molecule has 4 heteroatoms. The first kappa shape index (κ1) is 20.3. The fraction of sp³-hybridized carbons (Fsp3) is 0.696. The van der Waals surface area contributed by atoms with Crippen molar-refractivity contribution < 1.29 is 4.79 Å². The number of piperidine rings is 2. The van der Waals surface area contributed by atoms with E-state index in [-0.39, 0.29) is 5.91 Å². The highest BCUT2D eigenvalue weighted by Crippen LogP contribution is 2.24. The van der Waals surface area contributed by atoms with E-state index in [0.717, 1.165) is 25.6 Å². The van der Waals surface area contributed by atoms with Gasteiger partial charge in [-0.05, 0) is 74.2 Å². The molecule has 2 saturated heterocycles. The van der Waals surface area contributed by atoms with Crippen LogP contribution in [0.3, 0.4) is 0 Å². The van der Waals surface area contributed by atoms with Gasteiger partial charge in [-0.2, -0.15) is 0 Å². The molecule has 2 aliphatic heterocycles. The Bertz CT molecular complexity index is 597. The van der Waals surface area contributed by atoms with Crippen molar-refractivity contribution in [3.8, 4) is 0 Å². The summed E-state index contributed by atoms with van der Waals surface area (Å²) < 4.78 is 0.